The van der Waals surface area contributed by atoms with E-state index in [1.54, 1.807) is 31.7 Å². The number of fused-ring (bicyclic) bond motifs is 1. The molecule has 116 valence electrons. The van der Waals surface area contributed by atoms with Crippen molar-refractivity contribution in [1.82, 2.24) is 9.80 Å². The lowest BCUT2D eigenvalue weighted by Gasteiger charge is -2.44. The second-order valence-corrected chi connectivity index (χ2v) is 6.54. The molecule has 3 amide bonds. The number of ether oxygens (including phenoxy) is 1. The molecule has 1 atom stereocenters. The zero-order valence-corrected chi connectivity index (χ0v) is 12.8. The maximum Gasteiger partial charge on any atom is 0.417 e. The predicted octanol–water partition coefficient (Wildman–Crippen LogP) is 1.70. The highest BCUT2D eigenvalue weighted by molar-refractivity contribution is 6.06. The zero-order valence-electron chi connectivity index (χ0n) is 12.8. The van der Waals surface area contributed by atoms with Crippen molar-refractivity contribution in [3.05, 3.63) is 12.7 Å². The van der Waals surface area contributed by atoms with Crippen LogP contribution in [0.2, 0.25) is 0 Å². The Hall–Kier alpha value is -1.85. The van der Waals surface area contributed by atoms with Gasteiger partial charge in [-0.05, 0) is 40.0 Å². The number of rotatable bonds is 2. The average Bonchev–Trinajstić information content (AvgIpc) is 2.77. The summed E-state index contributed by atoms with van der Waals surface area (Å²) in [5.41, 5.74) is -1.66. The highest BCUT2D eigenvalue weighted by Crippen LogP contribution is 2.38. The van der Waals surface area contributed by atoms with Gasteiger partial charge in [-0.3, -0.25) is 9.59 Å². The Labute approximate surface area is 124 Å². The molecule has 6 nitrogen and oxygen atoms in total. The molecule has 0 N–H and O–H groups in total. The fourth-order valence-corrected chi connectivity index (χ4v) is 3.01. The summed E-state index contributed by atoms with van der Waals surface area (Å²) in [4.78, 5) is 39.8. The van der Waals surface area contributed by atoms with Gasteiger partial charge in [-0.15, -0.1) is 6.58 Å². The summed E-state index contributed by atoms with van der Waals surface area (Å²) in [7, 11) is 0. The molecular weight excluding hydrogens is 272 g/mol. The summed E-state index contributed by atoms with van der Waals surface area (Å²) >= 11 is 0. The van der Waals surface area contributed by atoms with E-state index < -0.39 is 17.2 Å². The summed E-state index contributed by atoms with van der Waals surface area (Å²) in [5, 5.41) is 0. The quantitative estimate of drug-likeness (QED) is 0.727. The van der Waals surface area contributed by atoms with Crippen molar-refractivity contribution >= 4 is 17.9 Å². The van der Waals surface area contributed by atoms with Crippen LogP contribution in [-0.4, -0.2) is 51.9 Å². The number of nitrogens with zero attached hydrogens (tertiary/aromatic N) is 2. The smallest absolute Gasteiger partial charge is 0.417 e. The Morgan fingerprint density at radius 1 is 1.43 bits per heavy atom. The second-order valence-electron chi connectivity index (χ2n) is 6.54. The minimum atomic E-state index is -0.950. The molecule has 1 unspecified atom stereocenters. The first-order chi connectivity index (χ1) is 9.71. The van der Waals surface area contributed by atoms with Crippen molar-refractivity contribution in [2.45, 2.75) is 51.2 Å². The van der Waals surface area contributed by atoms with Crippen LogP contribution >= 0.6 is 0 Å². The van der Waals surface area contributed by atoms with Crippen LogP contribution in [0.3, 0.4) is 0 Å². The maximum absolute atomic E-state index is 12.8. The third-order valence-electron chi connectivity index (χ3n) is 3.82. The molecule has 6 heteroatoms. The van der Waals surface area contributed by atoms with E-state index in [4.69, 9.17) is 4.74 Å². The van der Waals surface area contributed by atoms with Crippen LogP contribution in [0.1, 0.15) is 40.0 Å². The molecule has 2 heterocycles. The second kappa shape index (κ2) is 5.16. The maximum atomic E-state index is 12.8. The number of imide groups is 1. The van der Waals surface area contributed by atoms with Crippen molar-refractivity contribution in [3.63, 3.8) is 0 Å². The SMILES string of the molecule is C=CCC12CCCN1C(=O)CN(C(=O)OC(C)(C)C)C2=O. The van der Waals surface area contributed by atoms with E-state index >= 15 is 0 Å². The molecule has 0 aromatic carbocycles. The summed E-state index contributed by atoms with van der Waals surface area (Å²) in [6.07, 6.45) is 2.55. The minimum absolute atomic E-state index is 0.209. The van der Waals surface area contributed by atoms with E-state index in [9.17, 15) is 14.4 Å². The summed E-state index contributed by atoms with van der Waals surface area (Å²) in [5.74, 6) is -0.562. The van der Waals surface area contributed by atoms with Crippen LogP contribution in [0.15, 0.2) is 12.7 Å². The van der Waals surface area contributed by atoms with Crippen LogP contribution in [0.4, 0.5) is 4.79 Å². The first-order valence-corrected chi connectivity index (χ1v) is 7.17. The first kappa shape index (κ1) is 15.5. The topological polar surface area (TPSA) is 66.9 Å². The molecule has 0 radical (unpaired) electrons. The Morgan fingerprint density at radius 2 is 2.10 bits per heavy atom. The van der Waals surface area contributed by atoms with Crippen molar-refractivity contribution < 1.29 is 19.1 Å². The van der Waals surface area contributed by atoms with E-state index in [2.05, 4.69) is 6.58 Å². The van der Waals surface area contributed by atoms with Gasteiger partial charge in [0.05, 0.1) is 0 Å². The van der Waals surface area contributed by atoms with Crippen molar-refractivity contribution in [2.75, 3.05) is 13.1 Å². The van der Waals surface area contributed by atoms with E-state index in [0.717, 1.165) is 11.3 Å². The number of carbonyl (C=O) groups is 3. The lowest BCUT2D eigenvalue weighted by atomic mass is 9.88. The molecule has 2 rings (SSSR count). The molecule has 21 heavy (non-hydrogen) atoms. The Balaban J connectivity index is 2.30. The fourth-order valence-electron chi connectivity index (χ4n) is 3.01. The van der Waals surface area contributed by atoms with Crippen LogP contribution < -0.4 is 0 Å². The highest BCUT2D eigenvalue weighted by Gasteiger charge is 2.56. The third-order valence-corrected chi connectivity index (χ3v) is 3.82. The standard InChI is InChI=1S/C15H22N2O4/c1-5-7-15-8-6-9-17(15)11(18)10-16(12(15)19)13(20)21-14(2,3)4/h5H,1,6-10H2,2-4H3. The van der Waals surface area contributed by atoms with E-state index in [0.29, 0.717) is 19.4 Å². The third kappa shape index (κ3) is 2.66. The van der Waals surface area contributed by atoms with Gasteiger partial charge in [0, 0.05) is 6.54 Å². The van der Waals surface area contributed by atoms with Gasteiger partial charge in [-0.25, -0.2) is 9.69 Å². The zero-order chi connectivity index (χ0) is 15.8. The number of hydrogen-bond donors (Lipinski definition) is 0. The van der Waals surface area contributed by atoms with Crippen LogP contribution in [0, 0.1) is 0 Å². The van der Waals surface area contributed by atoms with Gasteiger partial charge in [0.1, 0.15) is 17.7 Å². The van der Waals surface area contributed by atoms with Crippen LogP contribution in [0.25, 0.3) is 0 Å². The van der Waals surface area contributed by atoms with Crippen molar-refractivity contribution in [2.24, 2.45) is 0 Å². The van der Waals surface area contributed by atoms with Gasteiger partial charge >= 0.3 is 6.09 Å². The highest BCUT2D eigenvalue weighted by atomic mass is 16.6. The van der Waals surface area contributed by atoms with Gasteiger partial charge in [0.2, 0.25) is 5.91 Å². The number of hydrogen-bond acceptors (Lipinski definition) is 4. The minimum Gasteiger partial charge on any atom is -0.443 e. The molecule has 2 fully saturated rings. The lowest BCUT2D eigenvalue weighted by Crippen LogP contribution is -2.66. The Bertz CT molecular complexity index is 494. The molecular formula is C15H22N2O4. The normalized spacial score (nSPS) is 25.9. The Kier molecular flexibility index (Phi) is 3.82. The van der Waals surface area contributed by atoms with Crippen LogP contribution in [0.5, 0.6) is 0 Å². The summed E-state index contributed by atoms with van der Waals surface area (Å²) in [6.45, 7) is 9.16. The van der Waals surface area contributed by atoms with E-state index in [-0.39, 0.29) is 18.4 Å². The largest absolute Gasteiger partial charge is 0.443 e. The average molecular weight is 294 g/mol. The lowest BCUT2D eigenvalue weighted by molar-refractivity contribution is -0.160. The van der Waals surface area contributed by atoms with Gasteiger partial charge in [0.25, 0.3) is 5.91 Å². The molecule has 2 saturated heterocycles. The molecule has 2 aliphatic heterocycles. The van der Waals surface area contributed by atoms with E-state index in [1.165, 1.54) is 0 Å². The molecule has 0 aliphatic carbocycles. The van der Waals surface area contributed by atoms with Gasteiger partial charge < -0.3 is 9.64 Å². The van der Waals surface area contributed by atoms with Gasteiger partial charge in [-0.1, -0.05) is 6.08 Å². The molecule has 0 saturated carbocycles. The van der Waals surface area contributed by atoms with Gasteiger partial charge in [0.15, 0.2) is 0 Å². The van der Waals surface area contributed by atoms with E-state index in [1.807, 2.05) is 0 Å². The monoisotopic (exact) mass is 294 g/mol. The number of piperazine rings is 1. The number of carbonyl (C=O) groups excluding carboxylic acids is 3. The first-order valence-electron chi connectivity index (χ1n) is 7.17. The number of amides is 3. The van der Waals surface area contributed by atoms with Gasteiger partial charge in [-0.2, -0.15) is 0 Å². The summed E-state index contributed by atoms with van der Waals surface area (Å²) in [6, 6.07) is 0. The molecule has 2 aliphatic rings. The molecule has 0 aromatic rings. The predicted molar refractivity (Wildman–Crippen MR) is 76.4 cm³/mol. The Morgan fingerprint density at radius 3 is 2.67 bits per heavy atom. The van der Waals surface area contributed by atoms with Crippen LogP contribution in [-0.2, 0) is 14.3 Å². The van der Waals surface area contributed by atoms with Crippen molar-refractivity contribution in [3.8, 4) is 0 Å². The van der Waals surface area contributed by atoms with Crippen molar-refractivity contribution in [1.29, 1.82) is 0 Å². The molecule has 0 spiro atoms. The molecule has 0 aromatic heterocycles. The fraction of sp³-hybridized carbons (Fsp3) is 0.667. The summed E-state index contributed by atoms with van der Waals surface area (Å²) < 4.78 is 5.24. The molecule has 0 bridgehead atoms.